The first-order valence-corrected chi connectivity index (χ1v) is 6.53. The number of fused-ring (bicyclic) bond motifs is 1. The standard InChI is InChI=1S/C15H22O2/c1-5-11-6-7-12-8-13(14(11)12)9-15(3,4)17-10(2)16/h6,9,12,14H,5,7-8H2,1-4H3/t12-,14-/m0/s1. The number of rotatable bonds is 3. The fourth-order valence-electron chi connectivity index (χ4n) is 3.24. The molecular weight excluding hydrogens is 212 g/mol. The van der Waals surface area contributed by atoms with E-state index in [0.717, 1.165) is 12.3 Å². The molecule has 0 bridgehead atoms. The summed E-state index contributed by atoms with van der Waals surface area (Å²) in [7, 11) is 0. The van der Waals surface area contributed by atoms with E-state index < -0.39 is 5.60 Å². The molecule has 2 rings (SSSR count). The lowest BCUT2D eigenvalue weighted by molar-refractivity contribution is -0.149. The Hall–Kier alpha value is -1.05. The highest BCUT2D eigenvalue weighted by Crippen LogP contribution is 2.52. The summed E-state index contributed by atoms with van der Waals surface area (Å²) in [5, 5.41) is 0. The smallest absolute Gasteiger partial charge is 0.303 e. The first kappa shape index (κ1) is 12.4. The van der Waals surface area contributed by atoms with Crippen LogP contribution < -0.4 is 0 Å². The van der Waals surface area contributed by atoms with Crippen molar-refractivity contribution < 1.29 is 9.53 Å². The number of carbonyl (C=O) groups is 1. The molecule has 0 heterocycles. The van der Waals surface area contributed by atoms with Crippen LogP contribution in [0.4, 0.5) is 0 Å². The minimum atomic E-state index is -0.465. The van der Waals surface area contributed by atoms with E-state index in [1.165, 1.54) is 25.3 Å². The Bertz CT molecular complexity index is 388. The number of carbonyl (C=O) groups excluding carboxylic acids is 1. The van der Waals surface area contributed by atoms with Crippen LogP contribution in [0.5, 0.6) is 0 Å². The van der Waals surface area contributed by atoms with Crippen molar-refractivity contribution >= 4 is 5.97 Å². The van der Waals surface area contributed by atoms with E-state index in [-0.39, 0.29) is 5.97 Å². The van der Waals surface area contributed by atoms with E-state index in [2.05, 4.69) is 19.1 Å². The van der Waals surface area contributed by atoms with Crippen molar-refractivity contribution in [1.29, 1.82) is 0 Å². The zero-order valence-corrected chi connectivity index (χ0v) is 11.2. The highest BCUT2D eigenvalue weighted by atomic mass is 16.6. The summed E-state index contributed by atoms with van der Waals surface area (Å²) in [6.07, 6.45) is 8.11. The van der Waals surface area contributed by atoms with Crippen molar-refractivity contribution in [1.82, 2.24) is 0 Å². The van der Waals surface area contributed by atoms with Crippen molar-refractivity contribution in [2.45, 2.75) is 52.6 Å². The van der Waals surface area contributed by atoms with Gasteiger partial charge < -0.3 is 4.74 Å². The van der Waals surface area contributed by atoms with Crippen molar-refractivity contribution in [2.75, 3.05) is 0 Å². The van der Waals surface area contributed by atoms with Gasteiger partial charge in [-0.1, -0.05) is 24.1 Å². The molecule has 2 aliphatic rings. The maximum absolute atomic E-state index is 11.0. The van der Waals surface area contributed by atoms with E-state index in [4.69, 9.17) is 4.74 Å². The molecule has 0 aromatic rings. The van der Waals surface area contributed by atoms with Crippen LogP contribution in [0.15, 0.2) is 23.3 Å². The van der Waals surface area contributed by atoms with Gasteiger partial charge in [0.15, 0.2) is 0 Å². The van der Waals surface area contributed by atoms with E-state index in [9.17, 15) is 4.79 Å². The third kappa shape index (κ3) is 2.46. The van der Waals surface area contributed by atoms with E-state index in [1.807, 2.05) is 13.8 Å². The second kappa shape index (κ2) is 4.32. The molecule has 0 amide bonds. The average Bonchev–Trinajstić information content (AvgIpc) is 2.49. The number of hydrogen-bond donors (Lipinski definition) is 0. The van der Waals surface area contributed by atoms with Crippen molar-refractivity contribution in [3.8, 4) is 0 Å². The van der Waals surface area contributed by atoms with Crippen molar-refractivity contribution in [3.63, 3.8) is 0 Å². The van der Waals surface area contributed by atoms with Gasteiger partial charge in [-0.2, -0.15) is 0 Å². The third-order valence-electron chi connectivity index (χ3n) is 3.80. The summed E-state index contributed by atoms with van der Waals surface area (Å²) in [5.74, 6) is 1.26. The third-order valence-corrected chi connectivity index (χ3v) is 3.80. The van der Waals surface area contributed by atoms with Crippen LogP contribution >= 0.6 is 0 Å². The van der Waals surface area contributed by atoms with Gasteiger partial charge in [0.25, 0.3) is 0 Å². The van der Waals surface area contributed by atoms with Crippen LogP contribution in [-0.2, 0) is 9.53 Å². The Labute approximate surface area is 104 Å². The fraction of sp³-hybridized carbons (Fsp3) is 0.667. The fourth-order valence-corrected chi connectivity index (χ4v) is 3.24. The summed E-state index contributed by atoms with van der Waals surface area (Å²) in [6, 6.07) is 0. The van der Waals surface area contributed by atoms with Crippen LogP contribution in [0.25, 0.3) is 0 Å². The van der Waals surface area contributed by atoms with E-state index in [1.54, 1.807) is 5.57 Å². The zero-order chi connectivity index (χ0) is 12.6. The van der Waals surface area contributed by atoms with Gasteiger partial charge in [-0.25, -0.2) is 0 Å². The maximum atomic E-state index is 11.0. The van der Waals surface area contributed by atoms with Gasteiger partial charge in [0.2, 0.25) is 0 Å². The summed E-state index contributed by atoms with van der Waals surface area (Å²) in [5.41, 5.74) is 2.58. The van der Waals surface area contributed by atoms with Crippen LogP contribution in [0.3, 0.4) is 0 Å². The Morgan fingerprint density at radius 1 is 1.59 bits per heavy atom. The molecule has 17 heavy (non-hydrogen) atoms. The average molecular weight is 234 g/mol. The lowest BCUT2D eigenvalue weighted by Crippen LogP contribution is -2.31. The van der Waals surface area contributed by atoms with Gasteiger partial charge in [0, 0.05) is 12.8 Å². The quantitative estimate of drug-likeness (QED) is 0.550. The number of esters is 1. The number of hydrogen-bond acceptors (Lipinski definition) is 2. The Morgan fingerprint density at radius 3 is 2.88 bits per heavy atom. The molecule has 1 saturated carbocycles. The molecule has 0 spiro atoms. The number of ether oxygens (including phenoxy) is 1. The first-order valence-electron chi connectivity index (χ1n) is 6.53. The minimum absolute atomic E-state index is 0.208. The van der Waals surface area contributed by atoms with Gasteiger partial charge in [-0.3, -0.25) is 4.79 Å². The van der Waals surface area contributed by atoms with Crippen molar-refractivity contribution in [2.24, 2.45) is 11.8 Å². The number of allylic oxidation sites excluding steroid dienone is 3. The molecular formula is C15H22O2. The molecule has 94 valence electrons. The molecule has 2 atom stereocenters. The van der Waals surface area contributed by atoms with Gasteiger partial charge in [0.05, 0.1) is 0 Å². The normalized spacial score (nSPS) is 29.6. The van der Waals surface area contributed by atoms with Gasteiger partial charge in [-0.15, -0.1) is 0 Å². The molecule has 2 aliphatic carbocycles. The summed E-state index contributed by atoms with van der Waals surface area (Å²) in [6.45, 7) is 7.61. The van der Waals surface area contributed by atoms with E-state index in [0.29, 0.717) is 5.92 Å². The molecule has 0 radical (unpaired) electrons. The predicted molar refractivity (Wildman–Crippen MR) is 68.5 cm³/mol. The van der Waals surface area contributed by atoms with Gasteiger partial charge >= 0.3 is 5.97 Å². The Balaban J connectivity index is 2.09. The van der Waals surface area contributed by atoms with Gasteiger partial charge in [0.1, 0.15) is 5.60 Å². The summed E-state index contributed by atoms with van der Waals surface area (Å²) in [4.78, 5) is 11.0. The molecule has 1 fully saturated rings. The van der Waals surface area contributed by atoms with Crippen molar-refractivity contribution in [3.05, 3.63) is 23.3 Å². The molecule has 2 nitrogen and oxygen atoms in total. The molecule has 2 heteroatoms. The second-order valence-electron chi connectivity index (χ2n) is 5.73. The highest BCUT2D eigenvalue weighted by Gasteiger charge is 2.41. The molecule has 0 unspecified atom stereocenters. The lowest BCUT2D eigenvalue weighted by atomic mass is 9.67. The molecule has 0 aromatic heterocycles. The monoisotopic (exact) mass is 234 g/mol. The molecule has 0 saturated heterocycles. The van der Waals surface area contributed by atoms with Crippen LogP contribution in [-0.4, -0.2) is 11.6 Å². The first-order chi connectivity index (χ1) is 7.93. The summed E-state index contributed by atoms with van der Waals surface area (Å²) < 4.78 is 5.33. The van der Waals surface area contributed by atoms with Crippen LogP contribution in [0.1, 0.15) is 47.0 Å². The van der Waals surface area contributed by atoms with Crippen LogP contribution in [0.2, 0.25) is 0 Å². The topological polar surface area (TPSA) is 26.3 Å². The minimum Gasteiger partial charge on any atom is -0.456 e. The lowest BCUT2D eigenvalue weighted by Gasteiger charge is -2.38. The SMILES string of the molecule is CCC1=CC[C@H]2CC(=CC(C)(C)OC(C)=O)[C@@H]12. The molecule has 0 N–H and O–H groups in total. The maximum Gasteiger partial charge on any atom is 0.303 e. The predicted octanol–water partition coefficient (Wildman–Crippen LogP) is 3.63. The Kier molecular flexibility index (Phi) is 3.15. The van der Waals surface area contributed by atoms with Gasteiger partial charge in [-0.05, 0) is 45.1 Å². The Morgan fingerprint density at radius 2 is 2.29 bits per heavy atom. The van der Waals surface area contributed by atoms with Crippen LogP contribution in [0, 0.1) is 11.8 Å². The zero-order valence-electron chi connectivity index (χ0n) is 11.2. The molecule has 0 aliphatic heterocycles. The highest BCUT2D eigenvalue weighted by molar-refractivity contribution is 5.66. The summed E-state index contributed by atoms with van der Waals surface area (Å²) >= 11 is 0. The second-order valence-corrected chi connectivity index (χ2v) is 5.73. The largest absolute Gasteiger partial charge is 0.456 e. The van der Waals surface area contributed by atoms with E-state index >= 15 is 0 Å². The molecule has 0 aromatic carbocycles.